The van der Waals surface area contributed by atoms with Crippen LogP contribution < -0.4 is 5.32 Å². The first-order valence-electron chi connectivity index (χ1n) is 5.07. The Balaban J connectivity index is 4.27. The number of carboxylic acid groups (broad SMARTS) is 1. The first-order chi connectivity index (χ1) is 7.38. The Kier molecular flexibility index (Phi) is 7.16. The molecular formula is C10H20N2O3S. The largest absolute Gasteiger partial charge is 0.480 e. The Bertz CT molecular complexity index is 248. The van der Waals surface area contributed by atoms with Crippen molar-refractivity contribution >= 4 is 23.6 Å². The van der Waals surface area contributed by atoms with Crippen LogP contribution in [0, 0.1) is 0 Å². The number of aliphatic carboxylic acids is 1. The molecule has 0 saturated heterocycles. The summed E-state index contributed by atoms with van der Waals surface area (Å²) in [6, 6.07) is -0.558. The van der Waals surface area contributed by atoms with Crippen molar-refractivity contribution in [3.63, 3.8) is 0 Å². The molecule has 2 N–H and O–H groups in total. The number of rotatable bonds is 7. The Morgan fingerprint density at radius 1 is 1.50 bits per heavy atom. The van der Waals surface area contributed by atoms with E-state index in [0.29, 0.717) is 6.54 Å². The zero-order chi connectivity index (χ0) is 12.7. The van der Waals surface area contributed by atoms with Crippen LogP contribution in [0.2, 0.25) is 0 Å². The van der Waals surface area contributed by atoms with Gasteiger partial charge in [0.15, 0.2) is 0 Å². The number of nitrogens with zero attached hydrogens (tertiary/aromatic N) is 1. The van der Waals surface area contributed by atoms with Gasteiger partial charge in [-0.3, -0.25) is 4.79 Å². The first-order valence-corrected chi connectivity index (χ1v) is 6.47. The highest BCUT2D eigenvalue weighted by molar-refractivity contribution is 7.98. The number of carboxylic acids is 1. The van der Waals surface area contributed by atoms with E-state index in [9.17, 15) is 9.59 Å². The summed E-state index contributed by atoms with van der Waals surface area (Å²) in [5.74, 6) is -0.389. The number of thioether (sulfide) groups is 1. The molecule has 94 valence electrons. The summed E-state index contributed by atoms with van der Waals surface area (Å²) >= 11 is 1.71. The van der Waals surface area contributed by atoms with Crippen LogP contribution in [-0.4, -0.2) is 59.6 Å². The zero-order valence-corrected chi connectivity index (χ0v) is 11.0. The molecule has 5 nitrogen and oxygen atoms in total. The molecule has 1 amide bonds. The van der Waals surface area contributed by atoms with Crippen molar-refractivity contribution in [1.82, 2.24) is 10.2 Å². The van der Waals surface area contributed by atoms with E-state index in [4.69, 9.17) is 5.11 Å². The molecule has 0 saturated carbocycles. The van der Waals surface area contributed by atoms with Crippen molar-refractivity contribution in [3.05, 3.63) is 0 Å². The second-order valence-corrected chi connectivity index (χ2v) is 4.75. The van der Waals surface area contributed by atoms with Crippen molar-refractivity contribution in [2.24, 2.45) is 0 Å². The molecule has 0 rings (SSSR count). The van der Waals surface area contributed by atoms with E-state index in [0.717, 1.165) is 5.75 Å². The number of hydrogen-bond donors (Lipinski definition) is 2. The molecule has 0 bridgehead atoms. The molecule has 0 aliphatic rings. The quantitative estimate of drug-likeness (QED) is 0.676. The van der Waals surface area contributed by atoms with Crippen molar-refractivity contribution in [2.45, 2.75) is 25.9 Å². The van der Waals surface area contributed by atoms with Crippen molar-refractivity contribution < 1.29 is 14.7 Å². The highest BCUT2D eigenvalue weighted by Crippen LogP contribution is 2.04. The second-order valence-electron chi connectivity index (χ2n) is 3.84. The molecule has 0 aliphatic heterocycles. The molecule has 2 atom stereocenters. The van der Waals surface area contributed by atoms with Crippen molar-refractivity contribution in [3.8, 4) is 0 Å². The number of hydrogen-bond acceptors (Lipinski definition) is 4. The van der Waals surface area contributed by atoms with Crippen LogP contribution in [0.15, 0.2) is 0 Å². The van der Waals surface area contributed by atoms with Gasteiger partial charge in [0.25, 0.3) is 0 Å². The lowest BCUT2D eigenvalue weighted by Gasteiger charge is -2.27. The number of likely N-dealkylation sites (N-methyl/N-ethyl adjacent to an activating group) is 1. The van der Waals surface area contributed by atoms with Gasteiger partial charge in [-0.25, -0.2) is 4.79 Å². The number of carbonyl (C=O) groups excluding carboxylic acids is 1. The average molecular weight is 248 g/mol. The molecule has 0 aromatic heterocycles. The van der Waals surface area contributed by atoms with Gasteiger partial charge in [0.05, 0.1) is 0 Å². The molecule has 2 unspecified atom stereocenters. The third-order valence-electron chi connectivity index (χ3n) is 2.31. The lowest BCUT2D eigenvalue weighted by molar-refractivity contribution is -0.142. The summed E-state index contributed by atoms with van der Waals surface area (Å²) in [7, 11) is 1.86. The van der Waals surface area contributed by atoms with Gasteiger partial charge in [-0.1, -0.05) is 0 Å². The van der Waals surface area contributed by atoms with Crippen molar-refractivity contribution in [2.75, 3.05) is 25.6 Å². The van der Waals surface area contributed by atoms with E-state index < -0.39 is 12.0 Å². The van der Waals surface area contributed by atoms with Crippen molar-refractivity contribution in [1.29, 1.82) is 0 Å². The maximum absolute atomic E-state index is 10.9. The summed E-state index contributed by atoms with van der Waals surface area (Å²) < 4.78 is 0. The van der Waals surface area contributed by atoms with Gasteiger partial charge < -0.3 is 15.3 Å². The fourth-order valence-electron chi connectivity index (χ4n) is 1.27. The van der Waals surface area contributed by atoms with Gasteiger partial charge in [0.1, 0.15) is 6.04 Å². The minimum atomic E-state index is -1.00. The van der Waals surface area contributed by atoms with Gasteiger partial charge in [-0.05, 0) is 20.2 Å². The summed E-state index contributed by atoms with van der Waals surface area (Å²) in [6.45, 7) is 3.67. The molecular weight excluding hydrogens is 228 g/mol. The molecule has 0 aromatic rings. The summed E-state index contributed by atoms with van der Waals surface area (Å²) in [5, 5.41) is 11.4. The normalized spacial score (nSPS) is 14.6. The van der Waals surface area contributed by atoms with E-state index in [-0.39, 0.29) is 11.9 Å². The molecule has 16 heavy (non-hydrogen) atoms. The fourth-order valence-corrected chi connectivity index (χ4v) is 2.00. The summed E-state index contributed by atoms with van der Waals surface area (Å²) in [6.07, 6.45) is 2.01. The van der Waals surface area contributed by atoms with Crippen LogP contribution >= 0.6 is 11.8 Å². The van der Waals surface area contributed by atoms with Crippen LogP contribution in [0.4, 0.5) is 0 Å². The Morgan fingerprint density at radius 3 is 2.44 bits per heavy atom. The third-order valence-corrected chi connectivity index (χ3v) is 3.12. The highest BCUT2D eigenvalue weighted by atomic mass is 32.2. The predicted octanol–water partition coefficient (Wildman–Crippen LogP) is 0.259. The fraction of sp³-hybridized carbons (Fsp3) is 0.800. The lowest BCUT2D eigenvalue weighted by Crippen LogP contribution is -2.49. The van der Waals surface area contributed by atoms with Crippen LogP contribution in [0.25, 0.3) is 0 Å². The number of nitrogens with one attached hydrogen (secondary N) is 1. The molecule has 0 spiro atoms. The van der Waals surface area contributed by atoms with Gasteiger partial charge in [0, 0.05) is 25.3 Å². The standard InChI is InChI=1S/C10H20N2O3S/c1-7(6-16-4)12(3)5-9(10(14)15)11-8(2)13/h7,9H,5-6H2,1-4H3,(H,11,13)(H,14,15). The molecule has 0 fully saturated rings. The molecule has 0 heterocycles. The third kappa shape index (κ3) is 5.97. The lowest BCUT2D eigenvalue weighted by atomic mass is 10.2. The Morgan fingerprint density at radius 2 is 2.06 bits per heavy atom. The van der Waals surface area contributed by atoms with E-state index >= 15 is 0 Å². The SMILES string of the molecule is CSCC(C)N(C)CC(NC(C)=O)C(=O)O. The van der Waals surface area contributed by atoms with Gasteiger partial charge in [-0.2, -0.15) is 11.8 Å². The molecule has 6 heteroatoms. The molecule has 0 aliphatic carbocycles. The maximum atomic E-state index is 10.9. The van der Waals surface area contributed by atoms with Gasteiger partial charge in [0.2, 0.25) is 5.91 Å². The predicted molar refractivity (Wildman–Crippen MR) is 65.7 cm³/mol. The Hall–Kier alpha value is -0.750. The Labute approximate surface area is 101 Å². The summed E-state index contributed by atoms with van der Waals surface area (Å²) in [5.41, 5.74) is 0. The second kappa shape index (κ2) is 7.51. The van der Waals surface area contributed by atoms with Gasteiger partial charge >= 0.3 is 5.97 Å². The zero-order valence-electron chi connectivity index (χ0n) is 10.2. The molecule has 0 aromatic carbocycles. The van der Waals surface area contributed by atoms with Gasteiger partial charge in [-0.15, -0.1) is 0 Å². The minimum absolute atomic E-state index is 0.283. The topological polar surface area (TPSA) is 69.6 Å². The molecule has 0 radical (unpaired) electrons. The number of amides is 1. The maximum Gasteiger partial charge on any atom is 0.327 e. The highest BCUT2D eigenvalue weighted by Gasteiger charge is 2.22. The monoisotopic (exact) mass is 248 g/mol. The van der Waals surface area contributed by atoms with E-state index in [1.165, 1.54) is 6.92 Å². The van der Waals surface area contributed by atoms with E-state index in [1.54, 1.807) is 11.8 Å². The van der Waals surface area contributed by atoms with Crippen LogP contribution in [-0.2, 0) is 9.59 Å². The van der Waals surface area contributed by atoms with Crippen LogP contribution in [0.3, 0.4) is 0 Å². The number of carbonyl (C=O) groups is 2. The van der Waals surface area contributed by atoms with Crippen LogP contribution in [0.5, 0.6) is 0 Å². The smallest absolute Gasteiger partial charge is 0.327 e. The van der Waals surface area contributed by atoms with Crippen LogP contribution in [0.1, 0.15) is 13.8 Å². The first kappa shape index (κ1) is 15.2. The summed E-state index contributed by atoms with van der Waals surface area (Å²) in [4.78, 5) is 23.7. The average Bonchev–Trinajstić information content (AvgIpc) is 2.16. The minimum Gasteiger partial charge on any atom is -0.480 e. The van der Waals surface area contributed by atoms with E-state index in [1.807, 2.05) is 25.1 Å². The van der Waals surface area contributed by atoms with E-state index in [2.05, 4.69) is 5.32 Å².